The number of rotatable bonds is 6. The summed E-state index contributed by atoms with van der Waals surface area (Å²) in [5, 5.41) is 21.4. The summed E-state index contributed by atoms with van der Waals surface area (Å²) >= 11 is 12.6. The van der Waals surface area contributed by atoms with E-state index in [9.17, 15) is 0 Å². The lowest BCUT2D eigenvalue weighted by atomic mass is 9.83. The maximum atomic E-state index is 8.78. The SMILES string of the molecule is OB(O)CCCCCN1CNC2C(Cl)CC(Cl)CC21. The highest BCUT2D eigenvalue weighted by atomic mass is 35.5. The summed E-state index contributed by atoms with van der Waals surface area (Å²) in [7, 11) is -1.16. The van der Waals surface area contributed by atoms with Crippen molar-refractivity contribution in [3.8, 4) is 0 Å². The molecule has 0 bridgehead atoms. The molecule has 2 rings (SSSR count). The van der Waals surface area contributed by atoms with Gasteiger partial charge in [0.25, 0.3) is 0 Å². The molecule has 110 valence electrons. The van der Waals surface area contributed by atoms with Crippen LogP contribution in [0.5, 0.6) is 0 Å². The van der Waals surface area contributed by atoms with E-state index in [2.05, 4.69) is 10.2 Å². The first-order valence-corrected chi connectivity index (χ1v) is 8.07. The van der Waals surface area contributed by atoms with Crippen LogP contribution in [0, 0.1) is 0 Å². The molecule has 0 radical (unpaired) electrons. The second-order valence-electron chi connectivity index (χ2n) is 5.68. The summed E-state index contributed by atoms with van der Waals surface area (Å²) in [6.07, 6.45) is 5.34. The fraction of sp³-hybridized carbons (Fsp3) is 1.00. The van der Waals surface area contributed by atoms with Crippen LogP contribution in [0.15, 0.2) is 0 Å². The van der Waals surface area contributed by atoms with Crippen LogP contribution in [0.2, 0.25) is 6.32 Å². The highest BCUT2D eigenvalue weighted by Crippen LogP contribution is 2.33. The van der Waals surface area contributed by atoms with Gasteiger partial charge in [0.2, 0.25) is 0 Å². The summed E-state index contributed by atoms with van der Waals surface area (Å²) < 4.78 is 0. The third kappa shape index (κ3) is 4.48. The van der Waals surface area contributed by atoms with Crippen LogP contribution < -0.4 is 5.32 Å². The van der Waals surface area contributed by atoms with Gasteiger partial charge < -0.3 is 10.0 Å². The normalized spacial score (nSPS) is 35.4. The summed E-state index contributed by atoms with van der Waals surface area (Å²) in [5.41, 5.74) is 0. The number of hydrogen-bond acceptors (Lipinski definition) is 4. The Hall–Kier alpha value is 0.485. The van der Waals surface area contributed by atoms with Crippen LogP contribution in [0.25, 0.3) is 0 Å². The number of nitrogens with one attached hydrogen (secondary N) is 1. The lowest BCUT2D eigenvalue weighted by molar-refractivity contribution is 0.207. The van der Waals surface area contributed by atoms with Crippen molar-refractivity contribution < 1.29 is 10.0 Å². The highest BCUT2D eigenvalue weighted by molar-refractivity contribution is 6.40. The third-order valence-corrected chi connectivity index (χ3v) is 5.00. The number of hydrogen-bond donors (Lipinski definition) is 3. The van der Waals surface area contributed by atoms with Crippen molar-refractivity contribution in [1.82, 2.24) is 10.2 Å². The van der Waals surface area contributed by atoms with Crippen molar-refractivity contribution >= 4 is 30.3 Å². The number of unbranched alkanes of at least 4 members (excludes halogenated alkanes) is 2. The van der Waals surface area contributed by atoms with Crippen molar-refractivity contribution in [3.63, 3.8) is 0 Å². The number of fused-ring (bicyclic) bond motifs is 1. The fourth-order valence-electron chi connectivity index (χ4n) is 3.18. The van der Waals surface area contributed by atoms with Gasteiger partial charge in [0.05, 0.1) is 5.38 Å². The second-order valence-corrected chi connectivity index (χ2v) is 6.86. The Morgan fingerprint density at radius 3 is 2.68 bits per heavy atom. The smallest absolute Gasteiger partial charge is 0.427 e. The molecule has 0 spiro atoms. The topological polar surface area (TPSA) is 55.7 Å². The molecule has 0 amide bonds. The Bertz CT molecular complexity index is 286. The van der Waals surface area contributed by atoms with Crippen LogP contribution in [0.1, 0.15) is 32.1 Å². The average Bonchev–Trinajstić information content (AvgIpc) is 2.72. The van der Waals surface area contributed by atoms with Gasteiger partial charge in [-0.2, -0.15) is 0 Å². The molecule has 2 aliphatic rings. The van der Waals surface area contributed by atoms with Gasteiger partial charge in [-0.3, -0.25) is 10.2 Å². The van der Waals surface area contributed by atoms with Gasteiger partial charge in [-0.15, -0.1) is 23.2 Å². The molecule has 1 aliphatic carbocycles. The molecule has 0 aromatic heterocycles. The molecule has 4 nitrogen and oxygen atoms in total. The molecule has 1 heterocycles. The van der Waals surface area contributed by atoms with Gasteiger partial charge >= 0.3 is 7.12 Å². The maximum Gasteiger partial charge on any atom is 0.451 e. The molecule has 2 fully saturated rings. The molecular weight excluding hydrogens is 286 g/mol. The first-order valence-electron chi connectivity index (χ1n) is 7.19. The van der Waals surface area contributed by atoms with Crippen LogP contribution in [0.4, 0.5) is 0 Å². The molecule has 3 N–H and O–H groups in total. The Labute approximate surface area is 125 Å². The van der Waals surface area contributed by atoms with Crippen LogP contribution in [0.3, 0.4) is 0 Å². The molecule has 1 saturated carbocycles. The lowest BCUT2D eigenvalue weighted by Crippen LogP contribution is -2.48. The second kappa shape index (κ2) is 7.48. The molecule has 7 heteroatoms. The lowest BCUT2D eigenvalue weighted by Gasteiger charge is -2.36. The molecular formula is C12H23BCl2N2O2. The Morgan fingerprint density at radius 2 is 1.95 bits per heavy atom. The van der Waals surface area contributed by atoms with Gasteiger partial charge in [0.1, 0.15) is 0 Å². The van der Waals surface area contributed by atoms with E-state index >= 15 is 0 Å². The zero-order chi connectivity index (χ0) is 13.8. The van der Waals surface area contributed by atoms with E-state index in [1.165, 1.54) is 0 Å². The van der Waals surface area contributed by atoms with E-state index in [-0.39, 0.29) is 10.8 Å². The zero-order valence-corrected chi connectivity index (χ0v) is 12.7. The van der Waals surface area contributed by atoms with Crippen molar-refractivity contribution in [1.29, 1.82) is 0 Å². The van der Waals surface area contributed by atoms with Crippen molar-refractivity contribution in [2.75, 3.05) is 13.2 Å². The summed E-state index contributed by atoms with van der Waals surface area (Å²) in [5.74, 6) is 0. The largest absolute Gasteiger partial charge is 0.451 e. The molecule has 1 aliphatic heterocycles. The molecule has 4 atom stereocenters. The van der Waals surface area contributed by atoms with E-state index in [0.717, 1.165) is 45.3 Å². The van der Waals surface area contributed by atoms with Gasteiger partial charge in [0.15, 0.2) is 0 Å². The van der Waals surface area contributed by atoms with Gasteiger partial charge in [-0.05, 0) is 32.1 Å². The first kappa shape index (κ1) is 15.9. The highest BCUT2D eigenvalue weighted by Gasteiger charge is 2.42. The van der Waals surface area contributed by atoms with Gasteiger partial charge in [0, 0.05) is 24.1 Å². The summed E-state index contributed by atoms with van der Waals surface area (Å²) in [6, 6.07) is 0.832. The minimum atomic E-state index is -1.16. The maximum absolute atomic E-state index is 8.78. The molecule has 0 aromatic carbocycles. The predicted octanol–water partition coefficient (Wildman–Crippen LogP) is 1.24. The van der Waals surface area contributed by atoms with Gasteiger partial charge in [-0.1, -0.05) is 12.8 Å². The summed E-state index contributed by atoms with van der Waals surface area (Å²) in [4.78, 5) is 2.43. The Balaban J connectivity index is 1.70. The van der Waals surface area contributed by atoms with Gasteiger partial charge in [-0.25, -0.2) is 0 Å². The third-order valence-electron chi connectivity index (χ3n) is 4.19. The monoisotopic (exact) mass is 308 g/mol. The average molecular weight is 309 g/mol. The fourth-order valence-corrected chi connectivity index (χ4v) is 4.12. The minimum absolute atomic E-state index is 0.135. The standard InChI is InChI=1S/C12H23BCl2N2O2/c14-9-6-10(15)12-11(7-9)17(8-16-12)5-3-1-2-4-13(18)19/h9-12,16,18-19H,1-8H2. The molecule has 1 saturated heterocycles. The Morgan fingerprint density at radius 1 is 1.16 bits per heavy atom. The van der Waals surface area contributed by atoms with Crippen molar-refractivity contribution in [3.05, 3.63) is 0 Å². The van der Waals surface area contributed by atoms with E-state index < -0.39 is 7.12 Å². The first-order chi connectivity index (χ1) is 9.08. The number of halogens is 2. The van der Waals surface area contributed by atoms with E-state index in [4.69, 9.17) is 33.2 Å². The predicted molar refractivity (Wildman–Crippen MR) is 79.7 cm³/mol. The van der Waals surface area contributed by atoms with Crippen LogP contribution >= 0.6 is 23.2 Å². The van der Waals surface area contributed by atoms with Crippen LogP contribution in [-0.2, 0) is 0 Å². The Kier molecular flexibility index (Phi) is 6.25. The summed E-state index contributed by atoms with van der Waals surface area (Å²) in [6.45, 7) is 1.92. The molecule has 19 heavy (non-hydrogen) atoms. The molecule has 4 unspecified atom stereocenters. The quantitative estimate of drug-likeness (QED) is 0.392. The van der Waals surface area contributed by atoms with Crippen LogP contribution in [-0.4, -0.2) is 58.1 Å². The minimum Gasteiger partial charge on any atom is -0.427 e. The van der Waals surface area contributed by atoms with Crippen molar-refractivity contribution in [2.24, 2.45) is 0 Å². The van der Waals surface area contributed by atoms with E-state index in [1.807, 2.05) is 0 Å². The zero-order valence-electron chi connectivity index (χ0n) is 11.1. The van der Waals surface area contributed by atoms with E-state index in [1.54, 1.807) is 0 Å². The number of alkyl halides is 2. The van der Waals surface area contributed by atoms with E-state index in [0.29, 0.717) is 18.4 Å². The van der Waals surface area contributed by atoms with Crippen molar-refractivity contribution in [2.45, 2.75) is 61.3 Å². The molecule has 0 aromatic rings. The number of nitrogens with zero attached hydrogens (tertiary/aromatic N) is 1.